The maximum absolute atomic E-state index is 11.3. The van der Waals surface area contributed by atoms with Gasteiger partial charge in [-0.15, -0.1) is 0 Å². The Balaban J connectivity index is 2.11. The Hall–Kier alpha value is -2.38. The quantitative estimate of drug-likeness (QED) is 0.643. The standard InChI is InChI=1S/C13H10ClN5OS/c14-7-4-5-9-12(19-21-18-9)11(7)17-8-3-1-2-6(10(8)15)13(16)20/h1-5,17H,15H2,(H2,16,20). The van der Waals surface area contributed by atoms with Crippen LogP contribution in [0, 0.1) is 0 Å². The lowest BCUT2D eigenvalue weighted by atomic mass is 10.1. The van der Waals surface area contributed by atoms with E-state index in [4.69, 9.17) is 23.1 Å². The number of rotatable bonds is 3. The first-order valence-corrected chi connectivity index (χ1v) is 7.05. The van der Waals surface area contributed by atoms with Crippen LogP contribution in [0.15, 0.2) is 30.3 Å². The molecule has 106 valence electrons. The van der Waals surface area contributed by atoms with Gasteiger partial charge in [-0.2, -0.15) is 8.75 Å². The van der Waals surface area contributed by atoms with E-state index in [1.165, 1.54) is 0 Å². The first-order chi connectivity index (χ1) is 10.1. The maximum atomic E-state index is 11.3. The largest absolute Gasteiger partial charge is 0.396 e. The van der Waals surface area contributed by atoms with E-state index in [1.807, 2.05) is 0 Å². The van der Waals surface area contributed by atoms with Crippen molar-refractivity contribution in [2.75, 3.05) is 11.1 Å². The Kier molecular flexibility index (Phi) is 3.36. The third-order valence-electron chi connectivity index (χ3n) is 3.01. The summed E-state index contributed by atoms with van der Waals surface area (Å²) in [5.41, 5.74) is 14.3. The van der Waals surface area contributed by atoms with Crippen LogP contribution in [0.5, 0.6) is 0 Å². The van der Waals surface area contributed by atoms with Gasteiger partial charge >= 0.3 is 0 Å². The Morgan fingerprint density at radius 1 is 1.24 bits per heavy atom. The number of nitrogen functional groups attached to an aromatic ring is 1. The molecule has 6 nitrogen and oxygen atoms in total. The number of fused-ring (bicyclic) bond motifs is 1. The van der Waals surface area contributed by atoms with Gasteiger partial charge in [0, 0.05) is 0 Å². The number of aromatic nitrogens is 2. The molecule has 3 rings (SSSR count). The molecule has 3 aromatic rings. The smallest absolute Gasteiger partial charge is 0.250 e. The molecule has 0 fully saturated rings. The summed E-state index contributed by atoms with van der Waals surface area (Å²) in [6.45, 7) is 0. The molecule has 21 heavy (non-hydrogen) atoms. The van der Waals surface area contributed by atoms with Crippen LogP contribution >= 0.6 is 23.3 Å². The monoisotopic (exact) mass is 319 g/mol. The second kappa shape index (κ2) is 5.19. The van der Waals surface area contributed by atoms with Crippen LogP contribution in [0.2, 0.25) is 5.02 Å². The highest BCUT2D eigenvalue weighted by Crippen LogP contribution is 2.34. The Labute approximate surface area is 129 Å². The van der Waals surface area contributed by atoms with Gasteiger partial charge in [-0.3, -0.25) is 4.79 Å². The first-order valence-electron chi connectivity index (χ1n) is 5.94. The van der Waals surface area contributed by atoms with Crippen molar-refractivity contribution in [1.82, 2.24) is 8.75 Å². The van der Waals surface area contributed by atoms with Gasteiger partial charge in [-0.05, 0) is 24.3 Å². The zero-order valence-electron chi connectivity index (χ0n) is 10.6. The van der Waals surface area contributed by atoms with Crippen molar-refractivity contribution >= 4 is 57.3 Å². The fraction of sp³-hybridized carbons (Fsp3) is 0. The summed E-state index contributed by atoms with van der Waals surface area (Å²) < 4.78 is 8.37. The average Bonchev–Trinajstić information content (AvgIpc) is 2.92. The molecule has 0 radical (unpaired) electrons. The lowest BCUT2D eigenvalue weighted by molar-refractivity contribution is 0.100. The summed E-state index contributed by atoms with van der Waals surface area (Å²) in [5.74, 6) is -0.587. The van der Waals surface area contributed by atoms with Gasteiger partial charge in [-0.1, -0.05) is 17.7 Å². The van der Waals surface area contributed by atoms with Crippen molar-refractivity contribution in [3.8, 4) is 0 Å². The zero-order chi connectivity index (χ0) is 15.0. The molecule has 5 N–H and O–H groups in total. The maximum Gasteiger partial charge on any atom is 0.250 e. The number of para-hydroxylation sites is 1. The van der Waals surface area contributed by atoms with Gasteiger partial charge in [0.05, 0.1) is 39.4 Å². The summed E-state index contributed by atoms with van der Waals surface area (Å²) >= 11 is 7.30. The molecule has 0 saturated heterocycles. The summed E-state index contributed by atoms with van der Waals surface area (Å²) in [6.07, 6.45) is 0. The van der Waals surface area contributed by atoms with E-state index in [1.54, 1.807) is 30.3 Å². The molecule has 8 heteroatoms. The highest BCUT2D eigenvalue weighted by atomic mass is 35.5. The van der Waals surface area contributed by atoms with E-state index >= 15 is 0 Å². The normalized spacial score (nSPS) is 10.7. The molecule has 2 aromatic carbocycles. The van der Waals surface area contributed by atoms with Crippen LogP contribution in [0.1, 0.15) is 10.4 Å². The molecule has 0 bridgehead atoms. The highest BCUT2D eigenvalue weighted by Gasteiger charge is 2.14. The van der Waals surface area contributed by atoms with Crippen molar-refractivity contribution in [1.29, 1.82) is 0 Å². The predicted octanol–water partition coefficient (Wildman–Crippen LogP) is 2.77. The molecule has 0 atom stereocenters. The second-order valence-electron chi connectivity index (χ2n) is 4.31. The molecule has 0 unspecified atom stereocenters. The number of hydrogen-bond donors (Lipinski definition) is 3. The van der Waals surface area contributed by atoms with Gasteiger partial charge in [0.2, 0.25) is 0 Å². The summed E-state index contributed by atoms with van der Waals surface area (Å²) in [5, 5.41) is 3.59. The van der Waals surface area contributed by atoms with E-state index in [0.29, 0.717) is 21.9 Å². The molecular formula is C13H10ClN5OS. The van der Waals surface area contributed by atoms with E-state index in [9.17, 15) is 4.79 Å². The second-order valence-corrected chi connectivity index (χ2v) is 5.25. The van der Waals surface area contributed by atoms with Crippen molar-refractivity contribution < 1.29 is 4.79 Å². The number of anilines is 3. The molecule has 0 spiro atoms. The molecule has 1 amide bonds. The fourth-order valence-corrected chi connectivity index (χ4v) is 2.71. The van der Waals surface area contributed by atoms with Crippen LogP contribution in [0.25, 0.3) is 11.0 Å². The zero-order valence-corrected chi connectivity index (χ0v) is 12.2. The van der Waals surface area contributed by atoms with Gasteiger partial charge in [0.15, 0.2) is 0 Å². The van der Waals surface area contributed by atoms with E-state index in [2.05, 4.69) is 14.1 Å². The van der Waals surface area contributed by atoms with Crippen molar-refractivity contribution in [3.63, 3.8) is 0 Å². The van der Waals surface area contributed by atoms with Crippen LogP contribution < -0.4 is 16.8 Å². The van der Waals surface area contributed by atoms with Crippen LogP contribution in [-0.2, 0) is 0 Å². The summed E-state index contributed by atoms with van der Waals surface area (Å²) in [4.78, 5) is 11.3. The van der Waals surface area contributed by atoms with Crippen LogP contribution in [0.3, 0.4) is 0 Å². The first kappa shape index (κ1) is 13.6. The molecule has 0 saturated carbocycles. The number of primary amides is 1. The number of carbonyl (C=O) groups excluding carboxylic acids is 1. The Morgan fingerprint density at radius 2 is 2.05 bits per heavy atom. The number of hydrogen-bond acceptors (Lipinski definition) is 6. The number of amides is 1. The Bertz CT molecular complexity index is 848. The molecule has 1 heterocycles. The summed E-state index contributed by atoms with van der Waals surface area (Å²) in [6, 6.07) is 8.50. The molecule has 0 aliphatic heterocycles. The van der Waals surface area contributed by atoms with Crippen molar-refractivity contribution in [3.05, 3.63) is 40.9 Å². The minimum Gasteiger partial charge on any atom is -0.396 e. The minimum atomic E-state index is -0.587. The number of nitrogens with zero attached hydrogens (tertiary/aromatic N) is 2. The number of nitrogens with two attached hydrogens (primary N) is 2. The number of carbonyl (C=O) groups is 1. The predicted molar refractivity (Wildman–Crippen MR) is 85.1 cm³/mol. The number of halogens is 1. The van der Waals surface area contributed by atoms with Crippen molar-refractivity contribution in [2.24, 2.45) is 5.73 Å². The summed E-state index contributed by atoms with van der Waals surface area (Å²) in [7, 11) is 0. The average molecular weight is 320 g/mol. The minimum absolute atomic E-state index is 0.250. The van der Waals surface area contributed by atoms with E-state index < -0.39 is 5.91 Å². The van der Waals surface area contributed by atoms with Gasteiger partial charge in [0.25, 0.3) is 5.91 Å². The SMILES string of the molecule is NC(=O)c1cccc(Nc2c(Cl)ccc3nsnc23)c1N. The highest BCUT2D eigenvalue weighted by molar-refractivity contribution is 7.00. The molecule has 0 aliphatic rings. The third kappa shape index (κ3) is 2.37. The van der Waals surface area contributed by atoms with Crippen LogP contribution in [0.4, 0.5) is 17.1 Å². The molecule has 0 aliphatic carbocycles. The Morgan fingerprint density at radius 3 is 2.81 bits per heavy atom. The van der Waals surface area contributed by atoms with Gasteiger partial charge in [-0.25, -0.2) is 0 Å². The molecule has 1 aromatic heterocycles. The fourth-order valence-electron chi connectivity index (χ4n) is 1.97. The van der Waals surface area contributed by atoms with Crippen molar-refractivity contribution in [2.45, 2.75) is 0 Å². The lowest BCUT2D eigenvalue weighted by Crippen LogP contribution is -2.14. The van der Waals surface area contributed by atoms with Crippen LogP contribution in [-0.4, -0.2) is 14.7 Å². The van der Waals surface area contributed by atoms with E-state index in [0.717, 1.165) is 17.2 Å². The third-order valence-corrected chi connectivity index (χ3v) is 3.87. The van der Waals surface area contributed by atoms with E-state index in [-0.39, 0.29) is 11.3 Å². The van der Waals surface area contributed by atoms with Gasteiger partial charge in [0.1, 0.15) is 11.0 Å². The molecular weight excluding hydrogens is 310 g/mol. The topological polar surface area (TPSA) is 107 Å². The lowest BCUT2D eigenvalue weighted by Gasteiger charge is -2.12. The number of benzene rings is 2. The number of nitrogens with one attached hydrogen (secondary N) is 1. The van der Waals surface area contributed by atoms with Gasteiger partial charge < -0.3 is 16.8 Å².